The number of hydrogen-bond donors (Lipinski definition) is 1. The number of anilines is 1. The molecule has 0 spiro atoms. The molecule has 2 aromatic carbocycles. The summed E-state index contributed by atoms with van der Waals surface area (Å²) >= 11 is 3.32. The summed E-state index contributed by atoms with van der Waals surface area (Å²) in [6, 6.07) is 9.97. The van der Waals surface area contributed by atoms with E-state index in [9.17, 15) is 18.0 Å². The first-order valence-corrected chi connectivity index (χ1v) is 7.59. The second-order valence-corrected chi connectivity index (χ2v) is 5.61. The average molecular weight is 400 g/mol. The zero-order valence-corrected chi connectivity index (χ0v) is 14.1. The summed E-state index contributed by atoms with van der Waals surface area (Å²) in [5, 5.41) is 2.24. The topological polar surface area (TPSA) is 38.3 Å². The van der Waals surface area contributed by atoms with Crippen LogP contribution in [0.25, 0.3) is 6.08 Å². The lowest BCUT2D eigenvalue weighted by Crippen LogP contribution is -2.14. The number of para-hydroxylation sites is 1. The van der Waals surface area contributed by atoms with E-state index < -0.39 is 17.6 Å². The van der Waals surface area contributed by atoms with Gasteiger partial charge in [-0.1, -0.05) is 18.2 Å². The van der Waals surface area contributed by atoms with E-state index >= 15 is 0 Å². The minimum atomic E-state index is -4.53. The van der Waals surface area contributed by atoms with E-state index in [2.05, 4.69) is 21.2 Å². The minimum absolute atomic E-state index is 0.282. The Hall–Kier alpha value is -2.28. The third kappa shape index (κ3) is 4.61. The molecule has 2 aromatic rings. The molecule has 0 unspecified atom stereocenters. The number of amides is 1. The standard InChI is InChI=1S/C17H13BrF3NO2/c1-24-15-8-6-11(10-13(15)18)7-9-16(23)22-14-5-3-2-4-12(14)17(19,20)21/h2-10H,1H3,(H,22,23)/b9-7+. The van der Waals surface area contributed by atoms with Crippen molar-refractivity contribution in [3.63, 3.8) is 0 Å². The Morgan fingerprint density at radius 3 is 2.54 bits per heavy atom. The van der Waals surface area contributed by atoms with Crippen molar-refractivity contribution in [2.45, 2.75) is 6.18 Å². The summed E-state index contributed by atoms with van der Waals surface area (Å²) in [5.41, 5.74) is -0.476. The van der Waals surface area contributed by atoms with Crippen LogP contribution in [0.4, 0.5) is 18.9 Å². The molecule has 24 heavy (non-hydrogen) atoms. The summed E-state index contributed by atoms with van der Waals surface area (Å²) in [6.07, 6.45) is -1.87. The van der Waals surface area contributed by atoms with Crippen molar-refractivity contribution in [3.8, 4) is 5.75 Å². The Kier molecular flexibility index (Phi) is 5.66. The van der Waals surface area contributed by atoms with Crippen molar-refractivity contribution in [1.29, 1.82) is 0 Å². The molecule has 0 fully saturated rings. The summed E-state index contributed by atoms with van der Waals surface area (Å²) in [7, 11) is 1.53. The highest BCUT2D eigenvalue weighted by Gasteiger charge is 2.33. The van der Waals surface area contributed by atoms with Crippen molar-refractivity contribution in [3.05, 3.63) is 64.1 Å². The van der Waals surface area contributed by atoms with Gasteiger partial charge in [0.1, 0.15) is 5.75 Å². The molecule has 1 N–H and O–H groups in total. The van der Waals surface area contributed by atoms with Crippen LogP contribution in [0.5, 0.6) is 5.75 Å². The van der Waals surface area contributed by atoms with Crippen molar-refractivity contribution in [2.24, 2.45) is 0 Å². The molecule has 0 atom stereocenters. The van der Waals surface area contributed by atoms with Gasteiger partial charge in [0.25, 0.3) is 0 Å². The van der Waals surface area contributed by atoms with Crippen LogP contribution >= 0.6 is 15.9 Å². The number of benzene rings is 2. The van der Waals surface area contributed by atoms with Gasteiger partial charge in [0, 0.05) is 6.08 Å². The fraction of sp³-hybridized carbons (Fsp3) is 0.118. The number of ether oxygens (including phenoxy) is 1. The second-order valence-electron chi connectivity index (χ2n) is 4.76. The van der Waals surface area contributed by atoms with Crippen LogP contribution in [0.3, 0.4) is 0 Å². The predicted molar refractivity (Wildman–Crippen MR) is 89.8 cm³/mol. The molecule has 0 aliphatic carbocycles. The summed E-state index contributed by atoms with van der Waals surface area (Å²) < 4.78 is 44.4. The molecule has 0 aliphatic rings. The van der Waals surface area contributed by atoms with Crippen molar-refractivity contribution >= 4 is 33.6 Å². The molecule has 7 heteroatoms. The van der Waals surface area contributed by atoms with Gasteiger partial charge in [-0.05, 0) is 51.8 Å². The highest BCUT2D eigenvalue weighted by Crippen LogP contribution is 2.34. The van der Waals surface area contributed by atoms with E-state index in [4.69, 9.17) is 4.74 Å². The number of methoxy groups -OCH3 is 1. The summed E-state index contributed by atoms with van der Waals surface area (Å²) in [4.78, 5) is 11.9. The molecular weight excluding hydrogens is 387 g/mol. The highest BCUT2D eigenvalue weighted by atomic mass is 79.9. The van der Waals surface area contributed by atoms with Gasteiger partial charge in [-0.2, -0.15) is 13.2 Å². The zero-order valence-electron chi connectivity index (χ0n) is 12.5. The van der Waals surface area contributed by atoms with E-state index in [0.29, 0.717) is 15.8 Å². The molecule has 3 nitrogen and oxygen atoms in total. The Bertz CT molecular complexity index is 773. The maximum Gasteiger partial charge on any atom is 0.418 e. The van der Waals surface area contributed by atoms with Crippen molar-refractivity contribution in [1.82, 2.24) is 0 Å². The first-order valence-electron chi connectivity index (χ1n) is 6.80. The normalized spacial score (nSPS) is 11.5. The first kappa shape index (κ1) is 18.1. The predicted octanol–water partition coefficient (Wildman–Crippen LogP) is 5.13. The number of nitrogens with one attached hydrogen (secondary N) is 1. The molecule has 0 saturated heterocycles. The van der Waals surface area contributed by atoms with Crippen LogP contribution in [0, 0.1) is 0 Å². The van der Waals surface area contributed by atoms with Crippen LogP contribution in [0.1, 0.15) is 11.1 Å². The lowest BCUT2D eigenvalue weighted by molar-refractivity contribution is -0.136. The van der Waals surface area contributed by atoms with Gasteiger partial charge in [-0.25, -0.2) is 0 Å². The number of carbonyl (C=O) groups excluding carboxylic acids is 1. The van der Waals surface area contributed by atoms with E-state index in [1.807, 2.05) is 0 Å². The number of alkyl halides is 3. The van der Waals surface area contributed by atoms with Crippen molar-refractivity contribution in [2.75, 3.05) is 12.4 Å². The Labute approximate surface area is 145 Å². The number of rotatable bonds is 4. The third-order valence-electron chi connectivity index (χ3n) is 3.09. The quantitative estimate of drug-likeness (QED) is 0.723. The summed E-state index contributed by atoms with van der Waals surface area (Å²) in [6.45, 7) is 0. The molecule has 126 valence electrons. The third-order valence-corrected chi connectivity index (χ3v) is 3.71. The number of halogens is 4. The van der Waals surface area contributed by atoms with E-state index in [-0.39, 0.29) is 5.69 Å². The Morgan fingerprint density at radius 1 is 1.21 bits per heavy atom. The summed E-state index contributed by atoms with van der Waals surface area (Å²) in [5.74, 6) is -0.0191. The lowest BCUT2D eigenvalue weighted by atomic mass is 10.1. The second kappa shape index (κ2) is 7.53. The zero-order chi connectivity index (χ0) is 17.7. The molecule has 1 amide bonds. The fourth-order valence-corrected chi connectivity index (χ4v) is 2.53. The van der Waals surface area contributed by atoms with Gasteiger partial charge in [0.05, 0.1) is 22.8 Å². The van der Waals surface area contributed by atoms with Gasteiger partial charge >= 0.3 is 6.18 Å². The largest absolute Gasteiger partial charge is 0.496 e. The lowest BCUT2D eigenvalue weighted by Gasteiger charge is -2.12. The van der Waals surface area contributed by atoms with E-state index in [0.717, 1.165) is 6.07 Å². The van der Waals surface area contributed by atoms with Crippen LogP contribution in [-0.4, -0.2) is 13.0 Å². The van der Waals surface area contributed by atoms with Crippen LogP contribution in [0.15, 0.2) is 53.0 Å². The first-order chi connectivity index (χ1) is 11.3. The van der Waals surface area contributed by atoms with Gasteiger partial charge in [-0.15, -0.1) is 0 Å². The molecular formula is C17H13BrF3NO2. The molecule has 0 aromatic heterocycles. The highest BCUT2D eigenvalue weighted by molar-refractivity contribution is 9.10. The fourth-order valence-electron chi connectivity index (χ4n) is 1.97. The molecule has 0 radical (unpaired) electrons. The monoisotopic (exact) mass is 399 g/mol. The molecule has 0 bridgehead atoms. The van der Waals surface area contributed by atoms with Crippen molar-refractivity contribution < 1.29 is 22.7 Å². The maximum absolute atomic E-state index is 12.9. The van der Waals surface area contributed by atoms with Crippen LogP contribution < -0.4 is 10.1 Å². The Morgan fingerprint density at radius 2 is 1.92 bits per heavy atom. The van der Waals surface area contributed by atoms with Gasteiger partial charge < -0.3 is 10.1 Å². The number of hydrogen-bond acceptors (Lipinski definition) is 2. The molecule has 0 heterocycles. The molecule has 0 aliphatic heterocycles. The van der Waals surface area contributed by atoms with Gasteiger partial charge in [0.2, 0.25) is 5.91 Å². The van der Waals surface area contributed by atoms with Crippen LogP contribution in [0.2, 0.25) is 0 Å². The van der Waals surface area contributed by atoms with E-state index in [1.54, 1.807) is 18.2 Å². The van der Waals surface area contributed by atoms with Gasteiger partial charge in [-0.3, -0.25) is 4.79 Å². The molecule has 2 rings (SSSR count). The number of carbonyl (C=O) groups is 1. The van der Waals surface area contributed by atoms with E-state index in [1.165, 1.54) is 37.5 Å². The Balaban J connectivity index is 2.13. The average Bonchev–Trinajstić information content (AvgIpc) is 2.52. The SMILES string of the molecule is COc1ccc(/C=C/C(=O)Nc2ccccc2C(F)(F)F)cc1Br. The van der Waals surface area contributed by atoms with Gasteiger partial charge in [0.15, 0.2) is 0 Å². The smallest absolute Gasteiger partial charge is 0.418 e. The minimum Gasteiger partial charge on any atom is -0.496 e. The van der Waals surface area contributed by atoms with Crippen LogP contribution in [-0.2, 0) is 11.0 Å². The maximum atomic E-state index is 12.9. The molecule has 0 saturated carbocycles.